The molecule has 1 aromatic carbocycles. The molecule has 0 aliphatic carbocycles. The predicted octanol–water partition coefficient (Wildman–Crippen LogP) is 3.78. The lowest BCUT2D eigenvalue weighted by molar-refractivity contribution is -0.134. The molecule has 122 valence electrons. The number of aldehydes is 1. The summed E-state index contributed by atoms with van der Waals surface area (Å²) in [4.78, 5) is 22.8. The number of ether oxygens (including phenoxy) is 3. The summed E-state index contributed by atoms with van der Waals surface area (Å²) in [6, 6.07) is 3.03. The van der Waals surface area contributed by atoms with Gasteiger partial charge >= 0.3 is 5.97 Å². The molecule has 0 unspecified atom stereocenters. The highest BCUT2D eigenvalue weighted by molar-refractivity contribution is 5.80. The molecule has 5 nitrogen and oxygen atoms in total. The minimum atomic E-state index is -0.327. The molecular formula is C17H24O5. The van der Waals surface area contributed by atoms with Gasteiger partial charge < -0.3 is 14.2 Å². The van der Waals surface area contributed by atoms with Crippen molar-refractivity contribution in [2.45, 2.75) is 45.4 Å². The van der Waals surface area contributed by atoms with Gasteiger partial charge in [0.25, 0.3) is 0 Å². The van der Waals surface area contributed by atoms with Gasteiger partial charge in [0.05, 0.1) is 14.2 Å². The number of unbranched alkanes of at least 4 members (excludes halogenated alkanes) is 4. The first-order chi connectivity index (χ1) is 10.7. The number of benzene rings is 1. The normalized spacial score (nSPS) is 10.1. The van der Waals surface area contributed by atoms with Crippen molar-refractivity contribution in [3.8, 4) is 17.2 Å². The molecule has 0 N–H and O–H groups in total. The molecule has 0 saturated carbocycles. The smallest absolute Gasteiger partial charge is 0.311 e. The molecule has 0 fully saturated rings. The van der Waals surface area contributed by atoms with Crippen LogP contribution in [0.2, 0.25) is 0 Å². The third-order valence-electron chi connectivity index (χ3n) is 3.32. The van der Waals surface area contributed by atoms with E-state index in [-0.39, 0.29) is 11.7 Å². The molecule has 0 bridgehead atoms. The van der Waals surface area contributed by atoms with Crippen molar-refractivity contribution in [2.24, 2.45) is 0 Å². The lowest BCUT2D eigenvalue weighted by atomic mass is 10.1. The van der Waals surface area contributed by atoms with Crippen LogP contribution < -0.4 is 14.2 Å². The van der Waals surface area contributed by atoms with E-state index < -0.39 is 0 Å². The summed E-state index contributed by atoms with van der Waals surface area (Å²) in [5.74, 6) is 0.502. The van der Waals surface area contributed by atoms with Crippen molar-refractivity contribution in [2.75, 3.05) is 14.2 Å². The minimum absolute atomic E-state index is 0.217. The molecule has 0 saturated heterocycles. The third kappa shape index (κ3) is 5.39. The average Bonchev–Trinajstić information content (AvgIpc) is 2.54. The standard InChI is InChI=1S/C17H24O5/c1-4-5-6-7-8-9-16(19)22-17-14(20-2)10-13(12-18)11-15(17)21-3/h10-12H,4-9H2,1-3H3. The Labute approximate surface area is 131 Å². The van der Waals surface area contributed by atoms with Gasteiger partial charge in [0.2, 0.25) is 5.75 Å². The topological polar surface area (TPSA) is 61.8 Å². The second-order valence-electron chi connectivity index (χ2n) is 5.01. The maximum atomic E-state index is 11.9. The highest BCUT2D eigenvalue weighted by Gasteiger charge is 2.17. The molecule has 5 heteroatoms. The van der Waals surface area contributed by atoms with Crippen LogP contribution in [0.1, 0.15) is 55.8 Å². The number of carbonyl (C=O) groups is 2. The first kappa shape index (κ1) is 18.0. The Kier molecular flexibility index (Phi) is 8.04. The Morgan fingerprint density at radius 2 is 1.64 bits per heavy atom. The van der Waals surface area contributed by atoms with E-state index in [4.69, 9.17) is 14.2 Å². The number of methoxy groups -OCH3 is 2. The fourth-order valence-electron chi connectivity index (χ4n) is 2.11. The van der Waals surface area contributed by atoms with E-state index in [1.54, 1.807) is 0 Å². The average molecular weight is 308 g/mol. The van der Waals surface area contributed by atoms with Crippen molar-refractivity contribution < 1.29 is 23.8 Å². The molecular weight excluding hydrogens is 284 g/mol. The molecule has 0 heterocycles. The van der Waals surface area contributed by atoms with Crippen LogP contribution in [-0.4, -0.2) is 26.5 Å². The molecule has 0 aliphatic heterocycles. The number of rotatable bonds is 10. The van der Waals surface area contributed by atoms with E-state index in [0.29, 0.717) is 29.8 Å². The first-order valence-electron chi connectivity index (χ1n) is 7.58. The molecule has 0 aromatic heterocycles. The predicted molar refractivity (Wildman–Crippen MR) is 83.9 cm³/mol. The Hall–Kier alpha value is -2.04. The Bertz CT molecular complexity index is 471. The fourth-order valence-corrected chi connectivity index (χ4v) is 2.11. The van der Waals surface area contributed by atoms with Crippen LogP contribution in [0.25, 0.3) is 0 Å². The largest absolute Gasteiger partial charge is 0.493 e. The Balaban J connectivity index is 2.70. The summed E-state index contributed by atoms with van der Waals surface area (Å²) in [5.41, 5.74) is 0.396. The van der Waals surface area contributed by atoms with Crippen LogP contribution >= 0.6 is 0 Å². The summed E-state index contributed by atoms with van der Waals surface area (Å²) in [6.07, 6.45) is 6.34. The molecule has 1 aromatic rings. The van der Waals surface area contributed by atoms with Gasteiger partial charge in [0.15, 0.2) is 11.5 Å². The van der Waals surface area contributed by atoms with Crippen LogP contribution in [0.15, 0.2) is 12.1 Å². The minimum Gasteiger partial charge on any atom is -0.493 e. The summed E-state index contributed by atoms with van der Waals surface area (Å²) < 4.78 is 15.7. The molecule has 0 amide bonds. The highest BCUT2D eigenvalue weighted by Crippen LogP contribution is 2.38. The second-order valence-corrected chi connectivity index (χ2v) is 5.01. The summed E-state index contributed by atoms with van der Waals surface area (Å²) >= 11 is 0. The van der Waals surface area contributed by atoms with Gasteiger partial charge in [-0.25, -0.2) is 0 Å². The highest BCUT2D eigenvalue weighted by atomic mass is 16.6. The van der Waals surface area contributed by atoms with Gasteiger partial charge in [-0.1, -0.05) is 32.6 Å². The molecule has 0 spiro atoms. The Morgan fingerprint density at radius 3 is 2.14 bits per heavy atom. The molecule has 22 heavy (non-hydrogen) atoms. The van der Waals surface area contributed by atoms with Crippen LogP contribution in [0.5, 0.6) is 17.2 Å². The van der Waals surface area contributed by atoms with Gasteiger partial charge in [0.1, 0.15) is 6.29 Å². The van der Waals surface area contributed by atoms with Gasteiger partial charge in [-0.3, -0.25) is 9.59 Å². The molecule has 1 rings (SSSR count). The zero-order valence-corrected chi connectivity index (χ0v) is 13.5. The molecule has 0 radical (unpaired) electrons. The quantitative estimate of drug-likeness (QED) is 0.285. The van der Waals surface area contributed by atoms with E-state index in [0.717, 1.165) is 19.3 Å². The summed E-state index contributed by atoms with van der Waals surface area (Å²) in [5, 5.41) is 0. The Morgan fingerprint density at radius 1 is 1.05 bits per heavy atom. The van der Waals surface area contributed by atoms with Gasteiger partial charge in [-0.2, -0.15) is 0 Å². The van der Waals surface area contributed by atoms with E-state index >= 15 is 0 Å². The van der Waals surface area contributed by atoms with E-state index in [1.807, 2.05) is 0 Å². The second kappa shape index (κ2) is 9.82. The zero-order chi connectivity index (χ0) is 16.4. The van der Waals surface area contributed by atoms with Crippen LogP contribution in [0.3, 0.4) is 0 Å². The maximum absolute atomic E-state index is 11.9. The molecule has 0 atom stereocenters. The number of hydrogen-bond donors (Lipinski definition) is 0. The van der Waals surface area contributed by atoms with Crippen molar-refractivity contribution in [3.05, 3.63) is 17.7 Å². The van der Waals surface area contributed by atoms with E-state index in [2.05, 4.69) is 6.92 Å². The van der Waals surface area contributed by atoms with Gasteiger partial charge in [-0.05, 0) is 18.6 Å². The van der Waals surface area contributed by atoms with E-state index in [9.17, 15) is 9.59 Å². The van der Waals surface area contributed by atoms with Crippen molar-refractivity contribution in [3.63, 3.8) is 0 Å². The first-order valence-corrected chi connectivity index (χ1v) is 7.58. The number of esters is 1. The monoisotopic (exact) mass is 308 g/mol. The SMILES string of the molecule is CCCCCCCC(=O)Oc1c(OC)cc(C=O)cc1OC. The van der Waals surface area contributed by atoms with E-state index in [1.165, 1.54) is 39.2 Å². The number of carbonyl (C=O) groups excluding carboxylic acids is 2. The van der Waals surface area contributed by atoms with Crippen molar-refractivity contribution in [1.82, 2.24) is 0 Å². The van der Waals surface area contributed by atoms with Gasteiger partial charge in [-0.15, -0.1) is 0 Å². The van der Waals surface area contributed by atoms with Crippen LogP contribution in [0.4, 0.5) is 0 Å². The fraction of sp³-hybridized carbons (Fsp3) is 0.529. The summed E-state index contributed by atoms with van der Waals surface area (Å²) in [7, 11) is 2.90. The lowest BCUT2D eigenvalue weighted by Gasteiger charge is -2.13. The number of hydrogen-bond acceptors (Lipinski definition) is 5. The van der Waals surface area contributed by atoms with Crippen molar-refractivity contribution >= 4 is 12.3 Å². The maximum Gasteiger partial charge on any atom is 0.311 e. The zero-order valence-electron chi connectivity index (χ0n) is 13.5. The van der Waals surface area contributed by atoms with Crippen LogP contribution in [0, 0.1) is 0 Å². The third-order valence-corrected chi connectivity index (χ3v) is 3.32. The van der Waals surface area contributed by atoms with Crippen LogP contribution in [-0.2, 0) is 4.79 Å². The summed E-state index contributed by atoms with van der Waals surface area (Å²) in [6.45, 7) is 2.15. The lowest BCUT2D eigenvalue weighted by Crippen LogP contribution is -2.10. The van der Waals surface area contributed by atoms with Gasteiger partial charge in [0, 0.05) is 12.0 Å². The molecule has 0 aliphatic rings. The van der Waals surface area contributed by atoms with Crippen molar-refractivity contribution in [1.29, 1.82) is 0 Å².